The second-order valence-corrected chi connectivity index (χ2v) is 7.79. The number of nitrogens with one attached hydrogen (secondary N) is 2. The predicted molar refractivity (Wildman–Crippen MR) is 113 cm³/mol. The van der Waals surface area contributed by atoms with Crippen LogP contribution in [0.3, 0.4) is 0 Å². The molecule has 3 rings (SSSR count). The van der Waals surface area contributed by atoms with E-state index in [1.165, 1.54) is 11.0 Å². The molecule has 2 aromatic rings. The maximum absolute atomic E-state index is 12.2. The lowest BCUT2D eigenvalue weighted by Crippen LogP contribution is -2.44. The number of carbonyl (C=O) groups excluding carboxylic acids is 4. The Morgan fingerprint density at radius 1 is 1.10 bits per heavy atom. The summed E-state index contributed by atoms with van der Waals surface area (Å²) in [7, 11) is 0. The van der Waals surface area contributed by atoms with Crippen LogP contribution in [0.4, 0.5) is 5.69 Å². The van der Waals surface area contributed by atoms with E-state index in [1.54, 1.807) is 42.5 Å². The van der Waals surface area contributed by atoms with E-state index in [2.05, 4.69) is 26.8 Å². The number of anilines is 1. The zero-order chi connectivity index (χ0) is 21.7. The first-order valence-electron chi connectivity index (χ1n) is 8.91. The van der Waals surface area contributed by atoms with E-state index < -0.39 is 30.3 Å². The van der Waals surface area contributed by atoms with Gasteiger partial charge in [0.25, 0.3) is 11.8 Å². The van der Waals surface area contributed by atoms with Crippen molar-refractivity contribution >= 4 is 56.9 Å². The molecule has 156 valence electrons. The fourth-order valence-corrected chi connectivity index (χ4v) is 3.35. The molecular weight excluding hydrogens is 478 g/mol. The molecule has 0 unspecified atom stereocenters. The van der Waals surface area contributed by atoms with Crippen LogP contribution in [-0.4, -0.2) is 36.8 Å². The lowest BCUT2D eigenvalue weighted by Gasteiger charge is -2.16. The smallest absolute Gasteiger partial charge is 0.311 e. The van der Waals surface area contributed by atoms with Crippen molar-refractivity contribution in [2.75, 3.05) is 18.1 Å². The van der Waals surface area contributed by atoms with Crippen molar-refractivity contribution in [3.05, 3.63) is 63.6 Å². The topological polar surface area (TPSA) is 105 Å². The number of benzene rings is 2. The van der Waals surface area contributed by atoms with E-state index in [0.717, 1.165) is 4.47 Å². The number of hydrogen-bond donors (Lipinski definition) is 2. The molecule has 0 bridgehead atoms. The number of esters is 1. The normalized spacial score (nSPS) is 15.6. The molecule has 8 nitrogen and oxygen atoms in total. The highest BCUT2D eigenvalue weighted by Gasteiger charge is 2.36. The van der Waals surface area contributed by atoms with Crippen molar-refractivity contribution in [3.8, 4) is 0 Å². The van der Waals surface area contributed by atoms with Crippen LogP contribution in [0.1, 0.15) is 16.8 Å². The second-order valence-electron chi connectivity index (χ2n) is 6.47. The van der Waals surface area contributed by atoms with Crippen LogP contribution in [0.5, 0.6) is 0 Å². The molecule has 1 aliphatic heterocycles. The number of nitrogens with zero attached hydrogens (tertiary/aromatic N) is 1. The van der Waals surface area contributed by atoms with Crippen molar-refractivity contribution in [3.63, 3.8) is 0 Å². The zero-order valence-electron chi connectivity index (χ0n) is 15.6. The molecule has 3 amide bonds. The Labute approximate surface area is 185 Å². The molecule has 1 heterocycles. The van der Waals surface area contributed by atoms with E-state index in [-0.39, 0.29) is 29.5 Å². The lowest BCUT2D eigenvalue weighted by atomic mass is 10.1. The standard InChI is InChI=1S/C20H17BrClN3O5/c21-13-5-7-14(8-6-13)25-10-12(9-18(25)27)20(29)30-11-17(26)23-24-19(28)15-3-1-2-4-16(15)22/h1-8,12H,9-11H2,(H,23,26)(H,24,28)/t12-/m0/s1. The number of rotatable bonds is 5. The second kappa shape index (κ2) is 9.73. The van der Waals surface area contributed by atoms with Gasteiger partial charge in [-0.1, -0.05) is 39.7 Å². The molecule has 30 heavy (non-hydrogen) atoms. The Morgan fingerprint density at radius 2 is 1.80 bits per heavy atom. The van der Waals surface area contributed by atoms with Gasteiger partial charge in [-0.05, 0) is 36.4 Å². The van der Waals surface area contributed by atoms with Gasteiger partial charge in [0, 0.05) is 23.1 Å². The molecular formula is C20H17BrClN3O5. The fourth-order valence-electron chi connectivity index (χ4n) is 2.87. The number of hydrazine groups is 1. The number of ether oxygens (including phenoxy) is 1. The maximum atomic E-state index is 12.2. The first kappa shape index (κ1) is 21.8. The van der Waals surface area contributed by atoms with Crippen molar-refractivity contribution in [1.29, 1.82) is 0 Å². The summed E-state index contributed by atoms with van der Waals surface area (Å²) < 4.78 is 5.86. The molecule has 1 aliphatic rings. The highest BCUT2D eigenvalue weighted by Crippen LogP contribution is 2.27. The molecule has 0 spiro atoms. The van der Waals surface area contributed by atoms with Gasteiger partial charge in [-0.25, -0.2) is 0 Å². The van der Waals surface area contributed by atoms with Crippen molar-refractivity contribution in [1.82, 2.24) is 10.9 Å². The number of halogens is 2. The molecule has 0 saturated carbocycles. The van der Waals surface area contributed by atoms with Crippen LogP contribution in [0.2, 0.25) is 5.02 Å². The van der Waals surface area contributed by atoms with E-state index in [4.69, 9.17) is 16.3 Å². The quantitative estimate of drug-likeness (QED) is 0.491. The van der Waals surface area contributed by atoms with Gasteiger partial charge in [0.2, 0.25) is 5.91 Å². The minimum Gasteiger partial charge on any atom is -0.455 e. The van der Waals surface area contributed by atoms with Crippen LogP contribution in [0, 0.1) is 5.92 Å². The summed E-state index contributed by atoms with van der Waals surface area (Å²) in [5.41, 5.74) is 5.21. The van der Waals surface area contributed by atoms with E-state index in [0.29, 0.717) is 5.69 Å². The maximum Gasteiger partial charge on any atom is 0.311 e. The molecule has 0 radical (unpaired) electrons. The predicted octanol–water partition coefficient (Wildman–Crippen LogP) is 2.46. The first-order chi connectivity index (χ1) is 14.3. The average molecular weight is 495 g/mol. The summed E-state index contributed by atoms with van der Waals surface area (Å²) in [5, 5.41) is 0.233. The minimum absolute atomic E-state index is 0.000240. The van der Waals surface area contributed by atoms with Crippen LogP contribution in [-0.2, 0) is 19.1 Å². The van der Waals surface area contributed by atoms with Gasteiger partial charge in [0.05, 0.1) is 16.5 Å². The molecule has 1 fully saturated rings. The Kier molecular flexibility index (Phi) is 7.07. The number of hydrogen-bond acceptors (Lipinski definition) is 5. The summed E-state index contributed by atoms with van der Waals surface area (Å²) in [6.45, 7) is -0.422. The Morgan fingerprint density at radius 3 is 2.50 bits per heavy atom. The minimum atomic E-state index is -0.724. The van der Waals surface area contributed by atoms with Crippen LogP contribution < -0.4 is 15.8 Å². The molecule has 2 aromatic carbocycles. The van der Waals surface area contributed by atoms with E-state index >= 15 is 0 Å². The third-order valence-electron chi connectivity index (χ3n) is 4.38. The number of amides is 3. The number of carbonyl (C=O) groups is 4. The van der Waals surface area contributed by atoms with Crippen LogP contribution in [0.15, 0.2) is 53.0 Å². The highest BCUT2D eigenvalue weighted by molar-refractivity contribution is 9.10. The van der Waals surface area contributed by atoms with E-state index in [9.17, 15) is 19.2 Å². The van der Waals surface area contributed by atoms with Gasteiger partial charge in [-0.15, -0.1) is 0 Å². The largest absolute Gasteiger partial charge is 0.455 e. The SMILES string of the molecule is O=C(COC(=O)[C@H]1CC(=O)N(c2ccc(Br)cc2)C1)NNC(=O)c1ccccc1Cl. The summed E-state index contributed by atoms with van der Waals surface area (Å²) in [4.78, 5) is 49.8. The lowest BCUT2D eigenvalue weighted by molar-refractivity contribution is -0.152. The molecule has 1 saturated heterocycles. The van der Waals surface area contributed by atoms with Gasteiger partial charge in [0.15, 0.2) is 6.61 Å². The molecule has 10 heteroatoms. The van der Waals surface area contributed by atoms with Crippen molar-refractivity contribution in [2.45, 2.75) is 6.42 Å². The first-order valence-corrected chi connectivity index (χ1v) is 10.1. The Balaban J connectivity index is 1.45. The van der Waals surface area contributed by atoms with Crippen molar-refractivity contribution in [2.24, 2.45) is 5.92 Å². The van der Waals surface area contributed by atoms with Gasteiger partial charge in [-0.3, -0.25) is 30.0 Å². The molecule has 0 aromatic heterocycles. The third-order valence-corrected chi connectivity index (χ3v) is 5.23. The van der Waals surface area contributed by atoms with Crippen LogP contribution in [0.25, 0.3) is 0 Å². The van der Waals surface area contributed by atoms with Crippen LogP contribution >= 0.6 is 27.5 Å². The summed E-state index contributed by atoms with van der Waals surface area (Å²) in [5.74, 6) is -2.86. The highest BCUT2D eigenvalue weighted by atomic mass is 79.9. The van der Waals surface area contributed by atoms with Gasteiger partial charge >= 0.3 is 5.97 Å². The average Bonchev–Trinajstić information content (AvgIpc) is 3.13. The fraction of sp³-hybridized carbons (Fsp3) is 0.200. The monoisotopic (exact) mass is 493 g/mol. The van der Waals surface area contributed by atoms with Gasteiger partial charge in [-0.2, -0.15) is 0 Å². The van der Waals surface area contributed by atoms with Gasteiger partial charge < -0.3 is 9.64 Å². The third kappa shape index (κ3) is 5.37. The Bertz CT molecular complexity index is 983. The summed E-state index contributed by atoms with van der Waals surface area (Å²) in [6.07, 6.45) is -0.000240. The van der Waals surface area contributed by atoms with Gasteiger partial charge in [0.1, 0.15) is 0 Å². The molecule has 0 aliphatic carbocycles. The zero-order valence-corrected chi connectivity index (χ0v) is 17.9. The summed E-state index contributed by atoms with van der Waals surface area (Å²) >= 11 is 9.24. The molecule has 2 N–H and O–H groups in total. The van der Waals surface area contributed by atoms with E-state index in [1.807, 2.05) is 0 Å². The Hall–Kier alpha value is -2.91. The van der Waals surface area contributed by atoms with Crippen molar-refractivity contribution < 1.29 is 23.9 Å². The molecule has 1 atom stereocenters. The summed E-state index contributed by atoms with van der Waals surface area (Å²) in [6, 6.07) is 13.5.